The summed E-state index contributed by atoms with van der Waals surface area (Å²) in [6.07, 6.45) is 3.16. The van der Waals surface area contributed by atoms with Crippen molar-refractivity contribution in [1.82, 2.24) is 18.9 Å². The molecule has 0 fully saturated rings. The Kier molecular flexibility index (Phi) is 9.82. The Hall–Kier alpha value is -4.77. The Labute approximate surface area is 318 Å². The molecule has 3 aromatic heterocycles. The van der Waals surface area contributed by atoms with Gasteiger partial charge in [-0.3, -0.25) is 9.48 Å². The highest BCUT2D eigenvalue weighted by atomic mass is 35.5. The predicted molar refractivity (Wildman–Crippen MR) is 211 cm³/mol. The molecule has 10 nitrogen and oxygen atoms in total. The zero-order valence-electron chi connectivity index (χ0n) is 31.0. The Bertz CT molecular complexity index is 2420. The number of rotatable bonds is 11. The number of nitrogens with zero attached hydrogens (tertiary/aromatic N) is 5. The Morgan fingerprint density at radius 3 is 2.40 bits per heavy atom. The van der Waals surface area contributed by atoms with Crippen molar-refractivity contribution >= 4 is 62.6 Å². The van der Waals surface area contributed by atoms with Crippen LogP contribution in [0.2, 0.25) is 10.0 Å². The van der Waals surface area contributed by atoms with E-state index in [1.54, 1.807) is 30.2 Å². The molecule has 0 bridgehead atoms. The normalized spacial score (nSPS) is 14.5. The molecule has 1 aliphatic heterocycles. The number of halogens is 2. The molecule has 0 aliphatic carbocycles. The van der Waals surface area contributed by atoms with Gasteiger partial charge in [-0.25, -0.2) is 4.79 Å². The number of aromatic carboxylic acids is 1. The van der Waals surface area contributed by atoms with Crippen molar-refractivity contribution in [2.75, 3.05) is 31.8 Å². The van der Waals surface area contributed by atoms with Crippen LogP contribution in [0.3, 0.4) is 0 Å². The number of hydrogen-bond acceptors (Lipinski definition) is 5. The van der Waals surface area contributed by atoms with Crippen molar-refractivity contribution in [2.45, 2.75) is 60.0 Å². The van der Waals surface area contributed by atoms with Gasteiger partial charge in [0.1, 0.15) is 11.4 Å². The van der Waals surface area contributed by atoms with E-state index in [0.717, 1.165) is 66.4 Å². The molecule has 6 aromatic rings. The van der Waals surface area contributed by atoms with Crippen molar-refractivity contribution in [3.63, 3.8) is 0 Å². The number of carbonyl (C=O) groups excluding carboxylic acids is 1. The zero-order valence-corrected chi connectivity index (χ0v) is 32.5. The van der Waals surface area contributed by atoms with Gasteiger partial charge in [0.15, 0.2) is 0 Å². The van der Waals surface area contributed by atoms with Gasteiger partial charge in [-0.2, -0.15) is 5.10 Å². The van der Waals surface area contributed by atoms with Crippen LogP contribution in [0, 0.1) is 27.7 Å². The van der Waals surface area contributed by atoms with E-state index in [1.165, 1.54) is 0 Å². The summed E-state index contributed by atoms with van der Waals surface area (Å²) in [5, 5.41) is 17.6. The first-order chi connectivity index (χ1) is 25.3. The second-order valence-electron chi connectivity index (χ2n) is 14.0. The molecule has 0 unspecified atom stereocenters. The maximum atomic E-state index is 15.1. The average Bonchev–Trinajstić information content (AvgIpc) is 3.74. The number of fused-ring (bicyclic) bond motifs is 4. The third kappa shape index (κ3) is 6.26. The van der Waals surface area contributed by atoms with Gasteiger partial charge in [0, 0.05) is 72.1 Å². The molecule has 1 atom stereocenters. The molecule has 0 spiro atoms. The lowest BCUT2D eigenvalue weighted by molar-refractivity contribution is 0.0696. The van der Waals surface area contributed by atoms with Crippen molar-refractivity contribution in [3.05, 3.63) is 98.0 Å². The molecule has 53 heavy (non-hydrogen) atoms. The van der Waals surface area contributed by atoms with Gasteiger partial charge in [-0.1, -0.05) is 29.3 Å². The number of carboxylic acids is 1. The SMILES string of the molecule is COCCn1cc(N2C[C@@H](C)n3c(c(CCCOc4cc(C)c(Cl)c(C)c4)c4ccc(Cl)c(-c5c(C)nn(C)c5C)c43)C2=O)c2cc(C(=O)O)ccc21. The van der Waals surface area contributed by atoms with Gasteiger partial charge in [0.05, 0.1) is 46.2 Å². The molecule has 0 saturated heterocycles. The smallest absolute Gasteiger partial charge is 0.335 e. The fraction of sp³-hybridized carbons (Fsp3) is 0.341. The number of ether oxygens (including phenoxy) is 2. The minimum atomic E-state index is -1.03. The van der Waals surface area contributed by atoms with E-state index in [2.05, 4.69) is 11.5 Å². The Morgan fingerprint density at radius 1 is 1.00 bits per heavy atom. The molecule has 12 heteroatoms. The van der Waals surface area contributed by atoms with Crippen LogP contribution in [0.25, 0.3) is 32.9 Å². The van der Waals surface area contributed by atoms with E-state index in [-0.39, 0.29) is 17.5 Å². The molecule has 276 valence electrons. The van der Waals surface area contributed by atoms with Crippen molar-refractivity contribution in [3.8, 4) is 16.9 Å². The highest BCUT2D eigenvalue weighted by Gasteiger charge is 2.38. The largest absolute Gasteiger partial charge is 0.494 e. The Morgan fingerprint density at radius 2 is 1.74 bits per heavy atom. The van der Waals surface area contributed by atoms with Crippen molar-refractivity contribution < 1.29 is 24.2 Å². The summed E-state index contributed by atoms with van der Waals surface area (Å²) in [4.78, 5) is 29.0. The summed E-state index contributed by atoms with van der Waals surface area (Å²) in [6.45, 7) is 11.9. The van der Waals surface area contributed by atoms with Crippen molar-refractivity contribution in [1.29, 1.82) is 0 Å². The van der Waals surface area contributed by atoms with Gasteiger partial charge < -0.3 is 28.6 Å². The lowest BCUT2D eigenvalue weighted by atomic mass is 9.98. The van der Waals surface area contributed by atoms with Crippen molar-refractivity contribution in [2.24, 2.45) is 7.05 Å². The summed E-state index contributed by atoms with van der Waals surface area (Å²) in [6, 6.07) is 12.7. The van der Waals surface area contributed by atoms with E-state index in [9.17, 15) is 9.90 Å². The molecule has 3 aromatic carbocycles. The highest BCUT2D eigenvalue weighted by Crippen LogP contribution is 2.46. The van der Waals surface area contributed by atoms with Gasteiger partial charge in [-0.15, -0.1) is 0 Å². The van der Waals surface area contributed by atoms with Crippen LogP contribution in [0.4, 0.5) is 5.69 Å². The van der Waals surface area contributed by atoms with E-state index >= 15 is 4.79 Å². The minimum Gasteiger partial charge on any atom is -0.494 e. The van der Waals surface area contributed by atoms with Gasteiger partial charge >= 0.3 is 5.97 Å². The van der Waals surface area contributed by atoms with Gasteiger partial charge in [-0.05, 0) is 101 Å². The van der Waals surface area contributed by atoms with Crippen LogP contribution in [0.5, 0.6) is 5.75 Å². The molecule has 1 N–H and O–H groups in total. The third-order valence-electron chi connectivity index (χ3n) is 10.5. The molecule has 0 saturated carbocycles. The first-order valence-electron chi connectivity index (χ1n) is 17.7. The lowest BCUT2D eigenvalue weighted by Gasteiger charge is -2.34. The molecule has 7 rings (SSSR count). The second kappa shape index (κ2) is 14.2. The number of carbonyl (C=O) groups is 2. The van der Waals surface area contributed by atoms with Crippen LogP contribution >= 0.6 is 23.2 Å². The predicted octanol–water partition coefficient (Wildman–Crippen LogP) is 9.11. The number of aryl methyl sites for hydroxylation is 5. The fourth-order valence-electron chi connectivity index (χ4n) is 7.94. The van der Waals surface area contributed by atoms with E-state index in [1.807, 2.05) is 74.5 Å². The van der Waals surface area contributed by atoms with Crippen LogP contribution in [0.1, 0.15) is 68.3 Å². The number of carboxylic acid groups (broad SMARTS) is 1. The number of benzene rings is 3. The zero-order chi connectivity index (χ0) is 37.9. The number of aromatic nitrogens is 4. The lowest BCUT2D eigenvalue weighted by Crippen LogP contribution is -2.42. The highest BCUT2D eigenvalue weighted by molar-refractivity contribution is 6.35. The molecule has 0 radical (unpaired) electrons. The topological polar surface area (TPSA) is 104 Å². The number of methoxy groups -OCH3 is 1. The van der Waals surface area contributed by atoms with E-state index in [0.29, 0.717) is 60.9 Å². The van der Waals surface area contributed by atoms with Gasteiger partial charge in [0.25, 0.3) is 5.91 Å². The summed E-state index contributed by atoms with van der Waals surface area (Å²) >= 11 is 13.5. The molecular formula is C41H43Cl2N5O5. The van der Waals surface area contributed by atoms with E-state index < -0.39 is 5.97 Å². The maximum absolute atomic E-state index is 15.1. The average molecular weight is 757 g/mol. The molecule has 1 aliphatic rings. The second-order valence-corrected chi connectivity index (χ2v) is 14.8. The summed E-state index contributed by atoms with van der Waals surface area (Å²) in [7, 11) is 3.56. The van der Waals surface area contributed by atoms with Crippen LogP contribution in [-0.2, 0) is 24.8 Å². The number of amides is 1. The molecule has 1 amide bonds. The quantitative estimate of drug-likeness (QED) is 0.132. The first-order valence-corrected chi connectivity index (χ1v) is 18.5. The Balaban J connectivity index is 1.38. The van der Waals surface area contributed by atoms with Crippen LogP contribution < -0.4 is 9.64 Å². The number of hydrogen-bond donors (Lipinski definition) is 1. The third-order valence-corrected chi connectivity index (χ3v) is 11.4. The summed E-state index contributed by atoms with van der Waals surface area (Å²) < 4.78 is 17.6. The molecular weight excluding hydrogens is 713 g/mol. The maximum Gasteiger partial charge on any atom is 0.335 e. The van der Waals surface area contributed by atoms with E-state index in [4.69, 9.17) is 37.8 Å². The summed E-state index contributed by atoms with van der Waals surface area (Å²) in [5.74, 6) is -0.432. The number of anilines is 1. The monoisotopic (exact) mass is 755 g/mol. The fourth-order valence-corrected chi connectivity index (χ4v) is 8.29. The van der Waals surface area contributed by atoms with Gasteiger partial charge in [0.2, 0.25) is 0 Å². The minimum absolute atomic E-state index is 0.156. The summed E-state index contributed by atoms with van der Waals surface area (Å²) in [5.41, 5.74) is 9.62. The van der Waals surface area contributed by atoms with Crippen LogP contribution in [-0.4, -0.2) is 62.8 Å². The standard InChI is InChI=1S/C41H43Cl2N5O5/c1-22-17-28(18-23(2)37(22)43)53-15-8-9-29-30-11-12-32(42)36(35-25(4)44-45(6)26(35)5)38(30)48-24(3)20-47(40(49)39(29)48)34-21-46(14-16-52-7)33-13-10-27(41(50)51)19-31(33)34/h10-13,17-19,21,24H,8-9,14-16,20H2,1-7H3,(H,50,51)/t24-/m1/s1. The molecule has 4 heterocycles. The first kappa shape index (κ1) is 36.6. The van der Waals surface area contributed by atoms with Crippen LogP contribution in [0.15, 0.2) is 48.7 Å².